The first-order valence-electron chi connectivity index (χ1n) is 5.07. The number of hydrogen-bond acceptors (Lipinski definition) is 2. The highest BCUT2D eigenvalue weighted by molar-refractivity contribution is 5.85. The molecule has 0 aliphatic heterocycles. The monoisotopic (exact) mass is 287 g/mol. The zero-order valence-electron chi connectivity index (χ0n) is 9.54. The van der Waals surface area contributed by atoms with Crippen LogP contribution < -0.4 is 5.73 Å². The molecule has 3 N–H and O–H groups in total. The average molecular weight is 288 g/mol. The zero-order chi connectivity index (χ0) is 13.2. The van der Waals surface area contributed by atoms with Gasteiger partial charge in [-0.3, -0.25) is 0 Å². The van der Waals surface area contributed by atoms with Gasteiger partial charge in [-0.05, 0) is 30.2 Å². The zero-order valence-corrected chi connectivity index (χ0v) is 10.4. The van der Waals surface area contributed by atoms with E-state index < -0.39 is 29.7 Å². The maximum absolute atomic E-state index is 13.0. The molecule has 1 aromatic carbocycles. The van der Waals surface area contributed by atoms with E-state index in [0.717, 1.165) is 12.1 Å². The van der Waals surface area contributed by atoms with Crippen LogP contribution in [0.2, 0.25) is 0 Å². The van der Waals surface area contributed by atoms with Crippen LogP contribution in [0.1, 0.15) is 30.5 Å². The molecule has 0 aliphatic rings. The number of halogens is 5. The van der Waals surface area contributed by atoms with Gasteiger partial charge in [0.1, 0.15) is 5.82 Å². The number of aliphatic hydroxyl groups is 1. The summed E-state index contributed by atoms with van der Waals surface area (Å²) in [7, 11) is 0. The van der Waals surface area contributed by atoms with Gasteiger partial charge in [-0.15, -0.1) is 12.4 Å². The third-order valence-corrected chi connectivity index (χ3v) is 2.47. The van der Waals surface area contributed by atoms with E-state index in [9.17, 15) is 22.7 Å². The molecule has 0 amide bonds. The summed E-state index contributed by atoms with van der Waals surface area (Å²) < 4.78 is 50.3. The van der Waals surface area contributed by atoms with Gasteiger partial charge in [0.25, 0.3) is 0 Å². The van der Waals surface area contributed by atoms with Gasteiger partial charge in [-0.2, -0.15) is 13.2 Å². The minimum atomic E-state index is -4.63. The second kappa shape index (κ2) is 6.36. The van der Waals surface area contributed by atoms with Crippen LogP contribution in [0.15, 0.2) is 18.2 Å². The molecule has 0 spiro atoms. The van der Waals surface area contributed by atoms with Gasteiger partial charge in [0.05, 0.1) is 17.7 Å². The Morgan fingerprint density at radius 3 is 2.28 bits per heavy atom. The van der Waals surface area contributed by atoms with E-state index in [1.54, 1.807) is 6.92 Å². The Bertz CT molecular complexity index is 397. The topological polar surface area (TPSA) is 46.2 Å². The van der Waals surface area contributed by atoms with Crippen LogP contribution in [-0.2, 0) is 6.18 Å². The molecule has 1 aromatic rings. The lowest BCUT2D eigenvalue weighted by Gasteiger charge is -2.19. The van der Waals surface area contributed by atoms with Crippen molar-refractivity contribution in [1.29, 1.82) is 0 Å². The van der Waals surface area contributed by atoms with Crippen LogP contribution >= 0.6 is 12.4 Å². The second-order valence-corrected chi connectivity index (χ2v) is 3.77. The summed E-state index contributed by atoms with van der Waals surface area (Å²) >= 11 is 0. The molecule has 2 nitrogen and oxygen atoms in total. The molecule has 0 saturated heterocycles. The third-order valence-electron chi connectivity index (χ3n) is 2.47. The van der Waals surface area contributed by atoms with E-state index in [1.165, 1.54) is 0 Å². The van der Waals surface area contributed by atoms with Crippen LogP contribution in [-0.4, -0.2) is 11.2 Å². The Labute approximate surface area is 108 Å². The Hall–Kier alpha value is -0.850. The molecule has 0 fully saturated rings. The molecular weight excluding hydrogens is 274 g/mol. The van der Waals surface area contributed by atoms with Crippen molar-refractivity contribution in [1.82, 2.24) is 0 Å². The quantitative estimate of drug-likeness (QED) is 0.840. The normalized spacial score (nSPS) is 14.8. The Balaban J connectivity index is 0.00000289. The van der Waals surface area contributed by atoms with Crippen molar-refractivity contribution in [2.75, 3.05) is 0 Å². The molecule has 0 bridgehead atoms. The van der Waals surface area contributed by atoms with Crippen molar-refractivity contribution in [2.24, 2.45) is 5.73 Å². The van der Waals surface area contributed by atoms with Crippen LogP contribution in [0.4, 0.5) is 17.6 Å². The fraction of sp³-hybridized carbons (Fsp3) is 0.455. The number of benzene rings is 1. The molecule has 0 radical (unpaired) electrons. The molecule has 1 rings (SSSR count). The fourth-order valence-electron chi connectivity index (χ4n) is 1.44. The predicted molar refractivity (Wildman–Crippen MR) is 61.9 cm³/mol. The molecule has 0 aromatic heterocycles. The molecule has 0 unspecified atom stereocenters. The minimum Gasteiger partial charge on any atom is -0.391 e. The predicted octanol–water partition coefficient (Wildman–Crippen LogP) is 3.04. The maximum atomic E-state index is 13.0. The summed E-state index contributed by atoms with van der Waals surface area (Å²) in [5.74, 6) is -1.02. The Kier molecular flexibility index (Phi) is 6.06. The molecule has 18 heavy (non-hydrogen) atoms. The highest BCUT2D eigenvalue weighted by atomic mass is 35.5. The van der Waals surface area contributed by atoms with Gasteiger partial charge in [-0.1, -0.05) is 6.92 Å². The number of nitrogens with two attached hydrogens (primary N) is 1. The van der Waals surface area contributed by atoms with Gasteiger partial charge in [0, 0.05) is 0 Å². The Morgan fingerprint density at radius 2 is 1.83 bits per heavy atom. The summed E-state index contributed by atoms with van der Waals surface area (Å²) in [5, 5.41) is 9.44. The SMILES string of the molecule is CC[C@@H](O)[C@@H](N)c1cc(F)cc(C(F)(F)F)c1.Cl. The fourth-order valence-corrected chi connectivity index (χ4v) is 1.44. The van der Waals surface area contributed by atoms with Crippen LogP contribution in [0, 0.1) is 5.82 Å². The molecular formula is C11H14ClF4NO. The smallest absolute Gasteiger partial charge is 0.391 e. The Morgan fingerprint density at radius 1 is 1.28 bits per heavy atom. The largest absolute Gasteiger partial charge is 0.416 e. The summed E-state index contributed by atoms with van der Waals surface area (Å²) in [4.78, 5) is 0. The highest BCUT2D eigenvalue weighted by Gasteiger charge is 2.32. The number of aliphatic hydroxyl groups excluding tert-OH is 1. The van der Waals surface area contributed by atoms with E-state index in [1.807, 2.05) is 0 Å². The van der Waals surface area contributed by atoms with E-state index in [2.05, 4.69) is 0 Å². The summed E-state index contributed by atoms with van der Waals surface area (Å²) in [5.41, 5.74) is 4.38. The van der Waals surface area contributed by atoms with Crippen molar-refractivity contribution in [3.63, 3.8) is 0 Å². The third kappa shape index (κ3) is 4.12. The maximum Gasteiger partial charge on any atom is 0.416 e. The van der Waals surface area contributed by atoms with Gasteiger partial charge in [-0.25, -0.2) is 4.39 Å². The lowest BCUT2D eigenvalue weighted by Crippen LogP contribution is -2.26. The van der Waals surface area contributed by atoms with E-state index in [-0.39, 0.29) is 24.4 Å². The van der Waals surface area contributed by atoms with E-state index in [0.29, 0.717) is 6.07 Å². The van der Waals surface area contributed by atoms with Gasteiger partial charge in [0.15, 0.2) is 0 Å². The first-order chi connectivity index (χ1) is 7.75. The molecule has 0 heterocycles. The van der Waals surface area contributed by atoms with Crippen LogP contribution in [0.5, 0.6) is 0 Å². The number of alkyl halides is 3. The highest BCUT2D eigenvalue weighted by Crippen LogP contribution is 2.32. The second-order valence-electron chi connectivity index (χ2n) is 3.77. The van der Waals surface area contributed by atoms with Crippen molar-refractivity contribution < 1.29 is 22.7 Å². The standard InChI is InChI=1S/C11H13F4NO.ClH/c1-2-9(17)10(16)6-3-7(11(13,14)15)5-8(12)4-6;/h3-5,9-10,17H,2,16H2,1H3;1H/t9-,10+;/m1./s1. The average Bonchev–Trinajstić information content (AvgIpc) is 2.25. The molecule has 7 heteroatoms. The van der Waals surface area contributed by atoms with Crippen LogP contribution in [0.25, 0.3) is 0 Å². The van der Waals surface area contributed by atoms with Crippen molar-refractivity contribution in [3.8, 4) is 0 Å². The lowest BCUT2D eigenvalue weighted by molar-refractivity contribution is -0.137. The number of hydrogen-bond donors (Lipinski definition) is 2. The minimum absolute atomic E-state index is 0. The van der Waals surface area contributed by atoms with Crippen molar-refractivity contribution in [3.05, 3.63) is 35.1 Å². The molecule has 104 valence electrons. The number of rotatable bonds is 3. The van der Waals surface area contributed by atoms with E-state index in [4.69, 9.17) is 5.73 Å². The molecule has 0 aliphatic carbocycles. The molecule has 0 saturated carbocycles. The van der Waals surface area contributed by atoms with Crippen molar-refractivity contribution >= 4 is 12.4 Å². The van der Waals surface area contributed by atoms with Crippen LogP contribution in [0.3, 0.4) is 0 Å². The van der Waals surface area contributed by atoms with Gasteiger partial charge in [0.2, 0.25) is 0 Å². The summed E-state index contributed by atoms with van der Waals surface area (Å²) in [6, 6.07) is 1.02. The summed E-state index contributed by atoms with van der Waals surface area (Å²) in [6.07, 6.45) is -5.36. The van der Waals surface area contributed by atoms with Gasteiger partial charge < -0.3 is 10.8 Å². The van der Waals surface area contributed by atoms with Gasteiger partial charge >= 0.3 is 6.18 Å². The lowest BCUT2D eigenvalue weighted by atomic mass is 9.98. The van der Waals surface area contributed by atoms with Crippen molar-refractivity contribution in [2.45, 2.75) is 31.7 Å². The van der Waals surface area contributed by atoms with E-state index >= 15 is 0 Å². The first kappa shape index (κ1) is 17.2. The molecule has 2 atom stereocenters. The summed E-state index contributed by atoms with van der Waals surface area (Å²) in [6.45, 7) is 1.63. The first-order valence-corrected chi connectivity index (χ1v) is 5.07.